The molecule has 0 spiro atoms. The first-order valence-electron chi connectivity index (χ1n) is 9.58. The van der Waals surface area contributed by atoms with Crippen molar-refractivity contribution in [3.8, 4) is 0 Å². The van der Waals surface area contributed by atoms with Gasteiger partial charge in [-0.15, -0.1) is 0 Å². The summed E-state index contributed by atoms with van der Waals surface area (Å²) in [5.41, 5.74) is 0.493. The summed E-state index contributed by atoms with van der Waals surface area (Å²) < 4.78 is 53.6. The minimum absolute atomic E-state index is 0.143. The number of benzene rings is 2. The van der Waals surface area contributed by atoms with Crippen molar-refractivity contribution in [2.45, 2.75) is 30.7 Å². The minimum Gasteiger partial charge on any atom is -0.339 e. The van der Waals surface area contributed by atoms with Crippen LogP contribution in [-0.2, 0) is 14.8 Å². The molecule has 9 heteroatoms. The summed E-state index contributed by atoms with van der Waals surface area (Å²) in [6.45, 7) is 2.20. The molecule has 0 radical (unpaired) electrons. The second-order valence-electron chi connectivity index (χ2n) is 7.43. The van der Waals surface area contributed by atoms with E-state index in [2.05, 4.69) is 0 Å². The highest BCUT2D eigenvalue weighted by molar-refractivity contribution is 7.89. The topological polar surface area (TPSA) is 57.7 Å². The Bertz CT molecular complexity index is 1020. The number of amides is 1. The van der Waals surface area contributed by atoms with Crippen LogP contribution in [0.4, 0.5) is 8.78 Å². The normalized spacial score (nSPS) is 17.0. The molecule has 0 saturated carbocycles. The molecule has 1 aliphatic heterocycles. The van der Waals surface area contributed by atoms with Crippen molar-refractivity contribution in [2.24, 2.45) is 5.92 Å². The van der Waals surface area contributed by atoms with Crippen molar-refractivity contribution < 1.29 is 22.0 Å². The van der Waals surface area contributed by atoms with Crippen molar-refractivity contribution >= 4 is 27.5 Å². The highest BCUT2D eigenvalue weighted by Gasteiger charge is 2.34. The van der Waals surface area contributed by atoms with E-state index in [0.717, 1.165) is 12.1 Å². The van der Waals surface area contributed by atoms with Gasteiger partial charge in [0.15, 0.2) is 11.6 Å². The first-order chi connectivity index (χ1) is 14.1. The largest absolute Gasteiger partial charge is 0.339 e. The molecule has 1 fully saturated rings. The lowest BCUT2D eigenvalue weighted by Crippen LogP contribution is -2.43. The van der Waals surface area contributed by atoms with Crippen LogP contribution in [0.1, 0.15) is 31.4 Å². The Balaban J connectivity index is 1.64. The van der Waals surface area contributed by atoms with Gasteiger partial charge in [0.1, 0.15) is 0 Å². The number of hydrogen-bond acceptors (Lipinski definition) is 3. The second-order valence-corrected chi connectivity index (χ2v) is 9.81. The van der Waals surface area contributed by atoms with Crippen molar-refractivity contribution in [3.05, 3.63) is 64.7 Å². The lowest BCUT2D eigenvalue weighted by Gasteiger charge is -2.34. The quantitative estimate of drug-likeness (QED) is 0.676. The van der Waals surface area contributed by atoms with Crippen LogP contribution in [0.2, 0.25) is 5.02 Å². The van der Waals surface area contributed by atoms with Crippen molar-refractivity contribution in [1.29, 1.82) is 0 Å². The molecule has 0 aromatic heterocycles. The molecule has 30 heavy (non-hydrogen) atoms. The Morgan fingerprint density at radius 2 is 1.70 bits per heavy atom. The third kappa shape index (κ3) is 4.66. The first kappa shape index (κ1) is 22.7. The summed E-state index contributed by atoms with van der Waals surface area (Å²) in [6.07, 6.45) is 0.779. The Morgan fingerprint density at radius 3 is 2.27 bits per heavy atom. The maximum atomic E-state index is 13.5. The summed E-state index contributed by atoms with van der Waals surface area (Å²) in [4.78, 5) is 14.6. The highest BCUT2D eigenvalue weighted by atomic mass is 35.5. The zero-order valence-corrected chi connectivity index (χ0v) is 18.3. The van der Waals surface area contributed by atoms with Gasteiger partial charge in [-0.3, -0.25) is 4.79 Å². The fourth-order valence-electron chi connectivity index (χ4n) is 3.57. The molecule has 1 atom stereocenters. The van der Waals surface area contributed by atoms with Gasteiger partial charge >= 0.3 is 0 Å². The molecule has 1 heterocycles. The molecular formula is C21H23ClF2N2O3S. The maximum absolute atomic E-state index is 13.5. The third-order valence-corrected chi connectivity index (χ3v) is 7.77. The number of nitrogens with zero attached hydrogens (tertiary/aromatic N) is 2. The average Bonchev–Trinajstić information content (AvgIpc) is 2.74. The molecule has 1 aliphatic rings. The van der Waals surface area contributed by atoms with Crippen molar-refractivity contribution in [2.75, 3.05) is 20.1 Å². The van der Waals surface area contributed by atoms with E-state index in [1.54, 1.807) is 14.0 Å². The zero-order valence-electron chi connectivity index (χ0n) is 16.7. The lowest BCUT2D eigenvalue weighted by atomic mass is 9.95. The predicted octanol–water partition coefficient (Wildman–Crippen LogP) is 4.24. The molecular weight excluding hydrogens is 434 g/mol. The van der Waals surface area contributed by atoms with Crippen LogP contribution in [0, 0.1) is 17.6 Å². The van der Waals surface area contributed by atoms with Gasteiger partial charge < -0.3 is 4.90 Å². The molecule has 1 saturated heterocycles. The fourth-order valence-corrected chi connectivity index (χ4v) is 5.17. The van der Waals surface area contributed by atoms with E-state index < -0.39 is 27.7 Å². The van der Waals surface area contributed by atoms with E-state index in [1.807, 2.05) is 0 Å². The molecule has 162 valence electrons. The number of rotatable bonds is 5. The second kappa shape index (κ2) is 8.99. The van der Waals surface area contributed by atoms with Gasteiger partial charge in [-0.1, -0.05) is 17.7 Å². The molecule has 3 rings (SSSR count). The number of carbonyl (C=O) groups excluding carboxylic acids is 1. The monoisotopic (exact) mass is 456 g/mol. The molecule has 2 aromatic carbocycles. The average molecular weight is 457 g/mol. The zero-order chi connectivity index (χ0) is 22.1. The Kier molecular flexibility index (Phi) is 6.79. The molecule has 1 amide bonds. The van der Waals surface area contributed by atoms with E-state index in [1.165, 1.54) is 39.5 Å². The van der Waals surface area contributed by atoms with Gasteiger partial charge in [-0.25, -0.2) is 17.2 Å². The molecule has 0 aliphatic carbocycles. The van der Waals surface area contributed by atoms with E-state index in [4.69, 9.17) is 11.6 Å². The van der Waals surface area contributed by atoms with Crippen LogP contribution < -0.4 is 0 Å². The van der Waals surface area contributed by atoms with Gasteiger partial charge in [0.25, 0.3) is 0 Å². The fraction of sp³-hybridized carbons (Fsp3) is 0.381. The summed E-state index contributed by atoms with van der Waals surface area (Å²) >= 11 is 5.83. The smallest absolute Gasteiger partial charge is 0.243 e. The molecule has 1 unspecified atom stereocenters. The highest BCUT2D eigenvalue weighted by Crippen LogP contribution is 2.28. The maximum Gasteiger partial charge on any atom is 0.243 e. The van der Waals surface area contributed by atoms with Crippen LogP contribution >= 0.6 is 11.6 Å². The number of sulfonamides is 1. The molecule has 0 N–H and O–H groups in total. The predicted molar refractivity (Wildman–Crippen MR) is 110 cm³/mol. The summed E-state index contributed by atoms with van der Waals surface area (Å²) in [5.74, 6) is -2.37. The number of piperidine rings is 1. The van der Waals surface area contributed by atoms with E-state index in [9.17, 15) is 22.0 Å². The summed E-state index contributed by atoms with van der Waals surface area (Å²) in [5, 5.41) is 0.455. The first-order valence-corrected chi connectivity index (χ1v) is 11.4. The van der Waals surface area contributed by atoms with Gasteiger partial charge in [-0.2, -0.15) is 4.31 Å². The summed E-state index contributed by atoms with van der Waals surface area (Å²) in [6, 6.07) is 9.12. The van der Waals surface area contributed by atoms with Gasteiger partial charge in [0.05, 0.1) is 10.9 Å². The van der Waals surface area contributed by atoms with Crippen LogP contribution in [0.3, 0.4) is 0 Å². The Hall–Kier alpha value is -2.03. The van der Waals surface area contributed by atoms with Crippen LogP contribution in [0.5, 0.6) is 0 Å². The van der Waals surface area contributed by atoms with Gasteiger partial charge in [0.2, 0.25) is 15.9 Å². The van der Waals surface area contributed by atoms with Crippen LogP contribution in [0.15, 0.2) is 47.4 Å². The van der Waals surface area contributed by atoms with Crippen LogP contribution in [-0.4, -0.2) is 43.7 Å². The Labute approximate surface area is 180 Å². The minimum atomic E-state index is -3.64. The summed E-state index contributed by atoms with van der Waals surface area (Å²) in [7, 11) is -2.03. The number of hydrogen-bond donors (Lipinski definition) is 0. The SMILES string of the molecule is CC(c1ccc(F)c(F)c1)N(C)C(=O)C1CCN(S(=O)(=O)c2ccc(Cl)cc2)CC1. The lowest BCUT2D eigenvalue weighted by molar-refractivity contribution is -0.137. The van der Waals surface area contributed by atoms with E-state index in [-0.39, 0.29) is 29.8 Å². The van der Waals surface area contributed by atoms with Gasteiger partial charge in [-0.05, 0) is 61.7 Å². The molecule has 5 nitrogen and oxygen atoms in total. The van der Waals surface area contributed by atoms with Crippen molar-refractivity contribution in [3.63, 3.8) is 0 Å². The Morgan fingerprint density at radius 1 is 1.10 bits per heavy atom. The standard InChI is InChI=1S/C21H23ClF2N2O3S/c1-14(16-3-8-19(23)20(24)13-16)25(2)21(27)15-9-11-26(12-10-15)30(28,29)18-6-4-17(22)5-7-18/h3-8,13-15H,9-12H2,1-2H3. The number of carbonyl (C=O) groups is 1. The molecule has 2 aromatic rings. The van der Waals surface area contributed by atoms with E-state index in [0.29, 0.717) is 23.4 Å². The number of halogens is 3. The van der Waals surface area contributed by atoms with Crippen molar-refractivity contribution in [1.82, 2.24) is 9.21 Å². The van der Waals surface area contributed by atoms with Gasteiger partial charge in [0, 0.05) is 31.1 Å². The molecule has 0 bridgehead atoms. The third-order valence-electron chi connectivity index (χ3n) is 5.61. The van der Waals surface area contributed by atoms with E-state index >= 15 is 0 Å². The van der Waals surface area contributed by atoms with Crippen LogP contribution in [0.25, 0.3) is 0 Å².